The first-order chi connectivity index (χ1) is 11.9. The molecule has 1 aliphatic heterocycles. The molecule has 0 spiro atoms. The number of carbonyl (C=O) groups is 2. The fourth-order valence-corrected chi connectivity index (χ4v) is 2.45. The van der Waals surface area contributed by atoms with Gasteiger partial charge >= 0.3 is 11.9 Å². The lowest BCUT2D eigenvalue weighted by Gasteiger charge is -2.29. The van der Waals surface area contributed by atoms with Crippen LogP contribution in [0.25, 0.3) is 0 Å². The number of hydrogen-bond acceptors (Lipinski definition) is 5. The van der Waals surface area contributed by atoms with Gasteiger partial charge in [0.05, 0.1) is 11.3 Å². The van der Waals surface area contributed by atoms with Crippen LogP contribution < -0.4 is 5.32 Å². The summed E-state index contributed by atoms with van der Waals surface area (Å²) in [5, 5.41) is 2.39. The Bertz CT molecular complexity index is 838. The molecule has 0 radical (unpaired) electrons. The summed E-state index contributed by atoms with van der Waals surface area (Å²) >= 11 is 0. The topological polar surface area (TPSA) is 64.6 Å². The second-order valence-corrected chi connectivity index (χ2v) is 11.9. The van der Waals surface area contributed by atoms with Crippen molar-refractivity contribution in [2.24, 2.45) is 0 Å². The lowest BCUT2D eigenvalue weighted by Crippen LogP contribution is -2.42. The molecular weight excluding hydrogens is 360 g/mol. The van der Waals surface area contributed by atoms with Gasteiger partial charge in [0.25, 0.3) is 5.79 Å². The Morgan fingerprint density at radius 1 is 1.08 bits per heavy atom. The maximum Gasteiger partial charge on any atom is 0.350 e. The number of nitrogens with one attached hydrogen (secondary N) is 1. The molecule has 8 heteroatoms. The van der Waals surface area contributed by atoms with E-state index in [1.807, 2.05) is 19.6 Å². The van der Waals surface area contributed by atoms with Crippen molar-refractivity contribution >= 4 is 25.7 Å². The van der Waals surface area contributed by atoms with Gasteiger partial charge in [-0.2, -0.15) is 0 Å². The summed E-state index contributed by atoms with van der Waals surface area (Å²) in [4.78, 5) is 23.6. The van der Waals surface area contributed by atoms with Crippen molar-refractivity contribution in [1.29, 1.82) is 0 Å². The first kappa shape index (κ1) is 19.7. The third-order valence-corrected chi connectivity index (χ3v) is 4.02. The number of halogens is 2. The maximum absolute atomic E-state index is 14.2. The Morgan fingerprint density at radius 2 is 1.65 bits per heavy atom. The minimum absolute atomic E-state index is 0.0543. The Labute approximate surface area is 151 Å². The monoisotopic (exact) mass is 379 g/mol. The van der Waals surface area contributed by atoms with E-state index in [9.17, 15) is 18.4 Å². The molecule has 1 N–H and O–H groups in total. The van der Waals surface area contributed by atoms with E-state index in [1.54, 1.807) is 0 Å². The number of esters is 2. The molecule has 1 aromatic rings. The third kappa shape index (κ3) is 4.70. The zero-order valence-electron chi connectivity index (χ0n) is 15.1. The third-order valence-electron chi connectivity index (χ3n) is 3.14. The van der Waals surface area contributed by atoms with Crippen LogP contribution in [0.5, 0.6) is 0 Å². The molecule has 0 aliphatic carbocycles. The van der Waals surface area contributed by atoms with Gasteiger partial charge in [-0.05, 0) is 12.1 Å². The van der Waals surface area contributed by atoms with Crippen LogP contribution in [0.15, 0.2) is 23.9 Å². The largest absolute Gasteiger partial charge is 0.419 e. The zero-order chi connectivity index (χ0) is 19.7. The summed E-state index contributed by atoms with van der Waals surface area (Å²) in [5.74, 6) is -2.83. The van der Waals surface area contributed by atoms with E-state index in [2.05, 4.69) is 16.8 Å². The van der Waals surface area contributed by atoms with Crippen LogP contribution in [-0.4, -0.2) is 25.8 Å². The highest BCUT2D eigenvalue weighted by atomic mass is 28.3. The molecule has 0 saturated carbocycles. The molecular formula is C18H19F2NO4Si. The quantitative estimate of drug-likeness (QED) is 0.281. The molecule has 0 unspecified atom stereocenters. The minimum Gasteiger partial charge on any atom is -0.419 e. The van der Waals surface area contributed by atoms with Gasteiger partial charge in [-0.3, -0.25) is 0 Å². The highest BCUT2D eigenvalue weighted by molar-refractivity contribution is 6.83. The Balaban J connectivity index is 2.26. The van der Waals surface area contributed by atoms with E-state index in [-0.39, 0.29) is 11.3 Å². The van der Waals surface area contributed by atoms with Gasteiger partial charge in [0.1, 0.15) is 8.07 Å². The van der Waals surface area contributed by atoms with Crippen molar-refractivity contribution in [3.8, 4) is 11.5 Å². The van der Waals surface area contributed by atoms with Gasteiger partial charge in [0, 0.05) is 20.0 Å². The molecule has 0 bridgehead atoms. The molecule has 1 aromatic carbocycles. The minimum atomic E-state index is -1.74. The van der Waals surface area contributed by atoms with Crippen LogP contribution >= 0.6 is 0 Å². The molecule has 0 atom stereocenters. The highest BCUT2D eigenvalue weighted by Gasteiger charge is 2.39. The average Bonchev–Trinajstić information content (AvgIpc) is 2.47. The van der Waals surface area contributed by atoms with Crippen molar-refractivity contribution < 1.29 is 27.8 Å². The van der Waals surface area contributed by atoms with E-state index in [1.165, 1.54) is 26.0 Å². The van der Waals surface area contributed by atoms with Gasteiger partial charge in [-0.1, -0.05) is 25.6 Å². The standard InChI is InChI=1S/C18H19F2NO4Si/c1-18(2)24-16(22)12(17(23)25-18)10-21-13-7-6-11(14(19)15(13)20)8-9-26(3,4)5/h6-7,10,21H,1-5H3. The molecule has 1 saturated heterocycles. The van der Waals surface area contributed by atoms with Crippen molar-refractivity contribution in [2.75, 3.05) is 5.32 Å². The molecule has 0 aromatic heterocycles. The predicted molar refractivity (Wildman–Crippen MR) is 94.6 cm³/mol. The van der Waals surface area contributed by atoms with E-state index in [0.717, 1.165) is 6.20 Å². The van der Waals surface area contributed by atoms with Crippen molar-refractivity contribution in [3.63, 3.8) is 0 Å². The van der Waals surface area contributed by atoms with Crippen molar-refractivity contribution in [1.82, 2.24) is 0 Å². The van der Waals surface area contributed by atoms with Crippen LogP contribution in [0.2, 0.25) is 19.6 Å². The lowest BCUT2D eigenvalue weighted by molar-refractivity contribution is -0.222. The van der Waals surface area contributed by atoms with Gasteiger partial charge in [0.2, 0.25) is 0 Å². The fourth-order valence-electron chi connectivity index (χ4n) is 1.94. The van der Waals surface area contributed by atoms with E-state index in [4.69, 9.17) is 9.47 Å². The van der Waals surface area contributed by atoms with Gasteiger partial charge in [0.15, 0.2) is 17.2 Å². The average molecular weight is 379 g/mol. The zero-order valence-corrected chi connectivity index (χ0v) is 16.1. The molecule has 1 fully saturated rings. The van der Waals surface area contributed by atoms with Gasteiger partial charge in [-0.25, -0.2) is 18.4 Å². The molecule has 0 amide bonds. The van der Waals surface area contributed by atoms with E-state index in [0.29, 0.717) is 0 Å². The van der Waals surface area contributed by atoms with Crippen LogP contribution in [0.4, 0.5) is 14.5 Å². The molecule has 2 rings (SSSR count). The SMILES string of the molecule is CC1(C)OC(=O)C(=CNc2ccc(C#C[Si](C)(C)C)c(F)c2F)C(=O)O1. The summed E-state index contributed by atoms with van der Waals surface area (Å²) in [5.41, 5.74) is 2.20. The second kappa shape index (κ2) is 6.92. The number of ether oxygens (including phenoxy) is 2. The molecule has 138 valence electrons. The normalized spacial score (nSPS) is 16.2. The predicted octanol–water partition coefficient (Wildman–Crippen LogP) is 3.33. The summed E-state index contributed by atoms with van der Waals surface area (Å²) < 4.78 is 38.2. The first-order valence-electron chi connectivity index (χ1n) is 7.84. The van der Waals surface area contributed by atoms with Gasteiger partial charge < -0.3 is 14.8 Å². The summed E-state index contributed by atoms with van der Waals surface area (Å²) in [6, 6.07) is 2.60. The molecule has 1 heterocycles. The molecule has 26 heavy (non-hydrogen) atoms. The fraction of sp³-hybridized carbons (Fsp3) is 0.333. The Kier molecular flexibility index (Phi) is 5.23. The highest BCUT2D eigenvalue weighted by Crippen LogP contribution is 2.24. The summed E-state index contributed by atoms with van der Waals surface area (Å²) in [7, 11) is -1.74. The smallest absolute Gasteiger partial charge is 0.350 e. The second-order valence-electron chi connectivity index (χ2n) is 7.17. The lowest BCUT2D eigenvalue weighted by atomic mass is 10.2. The van der Waals surface area contributed by atoms with Crippen LogP contribution in [-0.2, 0) is 19.1 Å². The Hall–Kier alpha value is -2.66. The van der Waals surface area contributed by atoms with E-state index >= 15 is 0 Å². The number of carbonyl (C=O) groups excluding carboxylic acids is 2. The number of hydrogen-bond donors (Lipinski definition) is 1. The molecule has 1 aliphatic rings. The van der Waals surface area contributed by atoms with Crippen LogP contribution in [0.3, 0.4) is 0 Å². The summed E-state index contributed by atoms with van der Waals surface area (Å²) in [6.45, 7) is 8.77. The molecule has 5 nitrogen and oxygen atoms in total. The maximum atomic E-state index is 14.2. The number of cyclic esters (lactones) is 2. The number of rotatable bonds is 2. The number of anilines is 1. The van der Waals surface area contributed by atoms with Crippen LogP contribution in [0, 0.1) is 23.1 Å². The van der Waals surface area contributed by atoms with Crippen molar-refractivity contribution in [3.05, 3.63) is 41.1 Å². The van der Waals surface area contributed by atoms with Gasteiger partial charge in [-0.15, -0.1) is 5.54 Å². The number of benzene rings is 1. The Morgan fingerprint density at radius 3 is 2.19 bits per heavy atom. The van der Waals surface area contributed by atoms with E-state index < -0.39 is 43.0 Å². The summed E-state index contributed by atoms with van der Waals surface area (Å²) in [6.07, 6.45) is 0.922. The van der Waals surface area contributed by atoms with Crippen molar-refractivity contribution in [2.45, 2.75) is 39.3 Å². The van der Waals surface area contributed by atoms with Crippen LogP contribution in [0.1, 0.15) is 19.4 Å². The first-order valence-corrected chi connectivity index (χ1v) is 11.3.